The van der Waals surface area contributed by atoms with Gasteiger partial charge >= 0.3 is 0 Å². The number of benzene rings is 1. The summed E-state index contributed by atoms with van der Waals surface area (Å²) >= 11 is 0. The minimum atomic E-state index is -1.01. The van der Waals surface area contributed by atoms with Crippen LogP contribution in [0.1, 0.15) is 58.8 Å². The highest BCUT2D eigenvalue weighted by Crippen LogP contribution is 2.19. The largest absolute Gasteiger partial charge is 0.387 e. The van der Waals surface area contributed by atoms with Gasteiger partial charge in [-0.2, -0.15) is 0 Å². The van der Waals surface area contributed by atoms with E-state index in [9.17, 15) is 4.79 Å². The van der Waals surface area contributed by atoms with Crippen molar-refractivity contribution >= 4 is 5.78 Å². The molecule has 4 nitrogen and oxygen atoms in total. The first-order valence-corrected chi connectivity index (χ1v) is 7.55. The van der Waals surface area contributed by atoms with Gasteiger partial charge in [-0.1, -0.05) is 30.3 Å². The molecule has 0 fully saturated rings. The molecule has 0 amide bonds. The molecule has 0 atom stereocenters. The van der Waals surface area contributed by atoms with E-state index in [1.54, 1.807) is 34.6 Å². The average molecular weight is 312 g/mol. The Morgan fingerprint density at radius 3 is 1.45 bits per heavy atom. The first kappa shape index (κ1) is 23.0. The van der Waals surface area contributed by atoms with Crippen LogP contribution in [0.2, 0.25) is 0 Å². The lowest BCUT2D eigenvalue weighted by Gasteiger charge is -2.31. The van der Waals surface area contributed by atoms with E-state index in [2.05, 4.69) is 0 Å². The number of carbonyl (C=O) groups is 1. The fraction of sp³-hybridized carbons (Fsp3) is 0.611. The van der Waals surface area contributed by atoms with Gasteiger partial charge in [0.25, 0.3) is 0 Å². The molecule has 4 heteroatoms. The molecule has 2 N–H and O–H groups in total. The van der Waals surface area contributed by atoms with Crippen LogP contribution in [0.5, 0.6) is 0 Å². The predicted octanol–water partition coefficient (Wildman–Crippen LogP) is 3.46. The first-order valence-electron chi connectivity index (χ1n) is 7.55. The maximum atomic E-state index is 10.6. The molecule has 0 aromatic heterocycles. The van der Waals surface area contributed by atoms with Gasteiger partial charge in [-0.15, -0.1) is 0 Å². The number of ketones is 1. The van der Waals surface area contributed by atoms with Crippen LogP contribution in [0.15, 0.2) is 30.3 Å². The Balaban J connectivity index is 0. The van der Waals surface area contributed by atoms with Gasteiger partial charge in [0.1, 0.15) is 0 Å². The van der Waals surface area contributed by atoms with Crippen LogP contribution >= 0.6 is 0 Å². The third-order valence-corrected chi connectivity index (χ3v) is 3.09. The van der Waals surface area contributed by atoms with E-state index in [0.29, 0.717) is 0 Å². The summed E-state index contributed by atoms with van der Waals surface area (Å²) in [6.45, 7) is 13.5. The van der Waals surface area contributed by atoms with Gasteiger partial charge in [-0.25, -0.2) is 0 Å². The summed E-state index contributed by atoms with van der Waals surface area (Å²) in [5.74, 6) is 0.121. The summed E-state index contributed by atoms with van der Waals surface area (Å²) in [7, 11) is 0. The van der Waals surface area contributed by atoms with Crippen LogP contribution in [0.3, 0.4) is 0 Å². The van der Waals surface area contributed by atoms with E-state index >= 15 is 0 Å². The SMILES string of the molecule is CC(=O)c1ccccc1.CC(C)(O)C(C)(C)O.CCOCC. The lowest BCUT2D eigenvalue weighted by atomic mass is 9.90. The minimum Gasteiger partial charge on any atom is -0.387 e. The summed E-state index contributed by atoms with van der Waals surface area (Å²) in [5, 5.41) is 18.2. The van der Waals surface area contributed by atoms with Crippen LogP contribution in [0.25, 0.3) is 0 Å². The number of hydrogen-bond acceptors (Lipinski definition) is 4. The Bertz CT molecular complexity index is 372. The maximum Gasteiger partial charge on any atom is 0.159 e. The number of rotatable bonds is 4. The molecule has 22 heavy (non-hydrogen) atoms. The highest BCUT2D eigenvalue weighted by atomic mass is 16.5. The average Bonchev–Trinajstić information content (AvgIpc) is 2.40. The summed E-state index contributed by atoms with van der Waals surface area (Å²) in [6.07, 6.45) is 0. The molecular weight excluding hydrogens is 280 g/mol. The second kappa shape index (κ2) is 11.4. The van der Waals surface area contributed by atoms with Crippen LogP contribution in [-0.2, 0) is 4.74 Å². The molecule has 1 aromatic rings. The Morgan fingerprint density at radius 1 is 0.955 bits per heavy atom. The van der Waals surface area contributed by atoms with Crippen LogP contribution in [0.4, 0.5) is 0 Å². The smallest absolute Gasteiger partial charge is 0.159 e. The van der Waals surface area contributed by atoms with E-state index < -0.39 is 11.2 Å². The number of hydrogen-bond donors (Lipinski definition) is 2. The first-order chi connectivity index (χ1) is 9.97. The van der Waals surface area contributed by atoms with E-state index in [4.69, 9.17) is 14.9 Å². The van der Waals surface area contributed by atoms with Crippen molar-refractivity contribution in [2.75, 3.05) is 13.2 Å². The third-order valence-electron chi connectivity index (χ3n) is 3.09. The van der Waals surface area contributed by atoms with Crippen molar-refractivity contribution in [3.63, 3.8) is 0 Å². The molecule has 128 valence electrons. The van der Waals surface area contributed by atoms with Crippen molar-refractivity contribution in [1.29, 1.82) is 0 Å². The summed E-state index contributed by atoms with van der Waals surface area (Å²) in [5.41, 5.74) is -1.24. The normalized spacial score (nSPS) is 10.8. The molecule has 1 rings (SSSR count). The summed E-state index contributed by atoms with van der Waals surface area (Å²) in [6, 6.07) is 9.23. The highest BCUT2D eigenvalue weighted by molar-refractivity contribution is 5.93. The van der Waals surface area contributed by atoms with E-state index in [1.165, 1.54) is 0 Å². The minimum absolute atomic E-state index is 0.121. The van der Waals surface area contributed by atoms with Gasteiger partial charge in [-0.3, -0.25) is 4.79 Å². The zero-order valence-electron chi connectivity index (χ0n) is 15.0. The molecule has 0 bridgehead atoms. The Morgan fingerprint density at radius 2 is 1.32 bits per heavy atom. The van der Waals surface area contributed by atoms with Crippen molar-refractivity contribution < 1.29 is 19.7 Å². The fourth-order valence-electron chi connectivity index (χ4n) is 0.877. The van der Waals surface area contributed by atoms with Crippen LogP contribution < -0.4 is 0 Å². The number of ether oxygens (including phenoxy) is 1. The lowest BCUT2D eigenvalue weighted by molar-refractivity contribution is -0.107. The van der Waals surface area contributed by atoms with Gasteiger partial charge in [0.05, 0.1) is 11.2 Å². The third kappa shape index (κ3) is 12.5. The van der Waals surface area contributed by atoms with Crippen LogP contribution in [0, 0.1) is 0 Å². The zero-order valence-corrected chi connectivity index (χ0v) is 15.0. The molecule has 0 radical (unpaired) electrons. The lowest BCUT2D eigenvalue weighted by Crippen LogP contribution is -2.44. The topological polar surface area (TPSA) is 66.8 Å². The second-order valence-electron chi connectivity index (χ2n) is 5.82. The molecule has 0 aliphatic carbocycles. The Kier molecular flexibility index (Phi) is 11.9. The molecule has 0 saturated heterocycles. The van der Waals surface area contributed by atoms with Crippen molar-refractivity contribution in [3.8, 4) is 0 Å². The van der Waals surface area contributed by atoms with Crippen LogP contribution in [-0.4, -0.2) is 40.4 Å². The molecule has 0 spiro atoms. The second-order valence-corrected chi connectivity index (χ2v) is 5.82. The molecule has 0 heterocycles. The molecule has 0 aliphatic heterocycles. The molecular formula is C18H32O4. The standard InChI is InChI=1S/C8H8O.C6H14O2.C4H10O/c1-7(9)8-5-3-2-4-6-8;1-5(2,7)6(3,4)8;1-3-5-4-2/h2-6H,1H3;7-8H,1-4H3;3-4H2,1-2H3. The number of aliphatic hydroxyl groups is 2. The number of carbonyl (C=O) groups excluding carboxylic acids is 1. The van der Waals surface area contributed by atoms with Crippen molar-refractivity contribution in [2.24, 2.45) is 0 Å². The van der Waals surface area contributed by atoms with Gasteiger partial charge < -0.3 is 14.9 Å². The Hall–Kier alpha value is -1.23. The fourth-order valence-corrected chi connectivity index (χ4v) is 0.877. The van der Waals surface area contributed by atoms with Gasteiger partial charge in [-0.05, 0) is 48.5 Å². The molecule has 0 saturated carbocycles. The van der Waals surface area contributed by atoms with Crippen molar-refractivity contribution in [1.82, 2.24) is 0 Å². The predicted molar refractivity (Wildman–Crippen MR) is 91.2 cm³/mol. The highest BCUT2D eigenvalue weighted by Gasteiger charge is 2.31. The number of Topliss-reactive ketones (excluding diaryl/α,β-unsaturated/α-hetero) is 1. The van der Waals surface area contributed by atoms with E-state index in [-0.39, 0.29) is 5.78 Å². The Labute approximate surface area is 135 Å². The van der Waals surface area contributed by atoms with Crippen molar-refractivity contribution in [3.05, 3.63) is 35.9 Å². The summed E-state index contributed by atoms with van der Waals surface area (Å²) < 4.78 is 4.83. The molecule has 1 aromatic carbocycles. The summed E-state index contributed by atoms with van der Waals surface area (Å²) in [4.78, 5) is 10.6. The molecule has 0 aliphatic rings. The maximum absolute atomic E-state index is 10.6. The van der Waals surface area contributed by atoms with E-state index in [0.717, 1.165) is 18.8 Å². The van der Waals surface area contributed by atoms with Gasteiger partial charge in [0.15, 0.2) is 5.78 Å². The zero-order chi connectivity index (χ0) is 17.8. The van der Waals surface area contributed by atoms with E-state index in [1.807, 2.05) is 44.2 Å². The van der Waals surface area contributed by atoms with Gasteiger partial charge in [0.2, 0.25) is 0 Å². The quantitative estimate of drug-likeness (QED) is 0.836. The monoisotopic (exact) mass is 312 g/mol. The molecule has 0 unspecified atom stereocenters. The van der Waals surface area contributed by atoms with Crippen molar-refractivity contribution in [2.45, 2.75) is 59.7 Å². The van der Waals surface area contributed by atoms with Gasteiger partial charge in [0, 0.05) is 18.8 Å².